The number of nitrogens with one attached hydrogen (secondary N) is 1. The Morgan fingerprint density at radius 2 is 2.07 bits per heavy atom. The Hall–Kier alpha value is -2.62. The third kappa shape index (κ3) is 4.52. The quantitative estimate of drug-likeness (QED) is 0.794. The molecule has 2 aliphatic rings. The van der Waals surface area contributed by atoms with Crippen LogP contribution in [0.2, 0.25) is 0 Å². The Morgan fingerprint density at radius 3 is 2.79 bits per heavy atom. The van der Waals surface area contributed by atoms with Crippen LogP contribution in [0, 0.1) is 11.6 Å². The van der Waals surface area contributed by atoms with Crippen molar-refractivity contribution in [1.29, 1.82) is 0 Å². The number of nitrogens with two attached hydrogens (primary N) is 1. The highest BCUT2D eigenvalue weighted by Crippen LogP contribution is 2.30. The topological polar surface area (TPSA) is 87.2 Å². The second kappa shape index (κ2) is 8.02. The number of benzene rings is 1. The highest BCUT2D eigenvalue weighted by molar-refractivity contribution is 5.36. The first kappa shape index (κ1) is 19.7. The number of rotatable bonds is 5. The van der Waals surface area contributed by atoms with E-state index < -0.39 is 17.2 Å². The molecule has 7 nitrogen and oxygen atoms in total. The lowest BCUT2D eigenvalue weighted by Gasteiger charge is -2.30. The van der Waals surface area contributed by atoms with Gasteiger partial charge in [-0.25, -0.2) is 18.4 Å². The van der Waals surface area contributed by atoms with Crippen molar-refractivity contribution < 1.29 is 18.3 Å². The lowest BCUT2D eigenvalue weighted by Crippen LogP contribution is -2.42. The molecule has 0 saturated carbocycles. The molecule has 1 saturated heterocycles. The molecule has 154 valence electrons. The van der Waals surface area contributed by atoms with E-state index in [-0.39, 0.29) is 11.8 Å². The SMILES string of the molecule is CC1=CC(N)(c2ncn(-c3cc(F)cc(F)c3)n2)CC(NCC2COCCO2)=C1. The second-order valence-electron chi connectivity index (χ2n) is 7.36. The molecule has 0 bridgehead atoms. The van der Waals surface area contributed by atoms with Crippen LogP contribution in [0.3, 0.4) is 0 Å². The first-order valence-electron chi connectivity index (χ1n) is 9.42. The van der Waals surface area contributed by atoms with E-state index in [0.29, 0.717) is 38.6 Å². The number of nitrogens with zero attached hydrogens (tertiary/aromatic N) is 3. The standard InChI is InChI=1S/C20H23F2N5O2/c1-13-4-16(24-10-18-11-28-2-3-29-18)9-20(23,8-13)19-25-12-27(26-19)17-6-14(21)5-15(22)7-17/h4-8,12,18,24H,2-3,9-11,23H2,1H3. The molecule has 29 heavy (non-hydrogen) atoms. The monoisotopic (exact) mass is 403 g/mol. The van der Waals surface area contributed by atoms with Gasteiger partial charge in [0.25, 0.3) is 0 Å². The maximum atomic E-state index is 13.5. The van der Waals surface area contributed by atoms with Gasteiger partial charge in [0, 0.05) is 24.7 Å². The van der Waals surface area contributed by atoms with Crippen LogP contribution in [0.1, 0.15) is 19.2 Å². The zero-order valence-corrected chi connectivity index (χ0v) is 16.1. The Balaban J connectivity index is 1.50. The van der Waals surface area contributed by atoms with Crippen LogP contribution < -0.4 is 11.1 Å². The summed E-state index contributed by atoms with van der Waals surface area (Å²) in [5.74, 6) is -1.00. The van der Waals surface area contributed by atoms with E-state index in [1.54, 1.807) is 0 Å². The molecule has 1 fully saturated rings. The smallest absolute Gasteiger partial charge is 0.175 e. The highest BCUT2D eigenvalue weighted by Gasteiger charge is 2.33. The minimum atomic E-state index is -0.942. The highest BCUT2D eigenvalue weighted by atomic mass is 19.1. The summed E-state index contributed by atoms with van der Waals surface area (Å²) in [5, 5.41) is 7.75. The fourth-order valence-electron chi connectivity index (χ4n) is 3.57. The summed E-state index contributed by atoms with van der Waals surface area (Å²) in [6.07, 6.45) is 5.76. The Labute approximate surface area is 167 Å². The molecule has 1 aliphatic carbocycles. The molecule has 9 heteroatoms. The molecule has 1 aliphatic heterocycles. The van der Waals surface area contributed by atoms with Gasteiger partial charge < -0.3 is 20.5 Å². The summed E-state index contributed by atoms with van der Waals surface area (Å²) in [5.41, 5.74) is 7.83. The van der Waals surface area contributed by atoms with Crippen molar-refractivity contribution in [3.8, 4) is 5.69 Å². The van der Waals surface area contributed by atoms with E-state index in [2.05, 4.69) is 15.4 Å². The third-order valence-electron chi connectivity index (χ3n) is 4.83. The second-order valence-corrected chi connectivity index (χ2v) is 7.36. The molecule has 2 atom stereocenters. The van der Waals surface area contributed by atoms with Crippen LogP contribution in [-0.2, 0) is 15.0 Å². The molecule has 4 rings (SSSR count). The Morgan fingerprint density at radius 1 is 1.28 bits per heavy atom. The van der Waals surface area contributed by atoms with Crippen molar-refractivity contribution >= 4 is 0 Å². The van der Waals surface area contributed by atoms with Crippen LogP contribution in [-0.4, -0.2) is 47.2 Å². The van der Waals surface area contributed by atoms with Gasteiger partial charge in [-0.05, 0) is 25.1 Å². The van der Waals surface area contributed by atoms with Crippen molar-refractivity contribution in [1.82, 2.24) is 20.1 Å². The summed E-state index contributed by atoms with van der Waals surface area (Å²) >= 11 is 0. The van der Waals surface area contributed by atoms with Crippen molar-refractivity contribution in [3.05, 3.63) is 65.4 Å². The van der Waals surface area contributed by atoms with E-state index in [1.807, 2.05) is 19.1 Å². The Bertz CT molecular complexity index is 932. The largest absolute Gasteiger partial charge is 0.386 e. The first-order chi connectivity index (χ1) is 13.9. The summed E-state index contributed by atoms with van der Waals surface area (Å²) in [4.78, 5) is 4.30. The fraction of sp³-hybridized carbons (Fsp3) is 0.400. The number of ether oxygens (including phenoxy) is 2. The van der Waals surface area contributed by atoms with Gasteiger partial charge in [0.15, 0.2) is 5.82 Å². The Kier molecular flexibility index (Phi) is 5.44. The van der Waals surface area contributed by atoms with Gasteiger partial charge in [0.05, 0.1) is 31.6 Å². The maximum absolute atomic E-state index is 13.5. The van der Waals surface area contributed by atoms with Gasteiger partial charge in [-0.3, -0.25) is 0 Å². The molecule has 1 aromatic heterocycles. The van der Waals surface area contributed by atoms with Crippen molar-refractivity contribution in [2.75, 3.05) is 26.4 Å². The molecule has 0 spiro atoms. The molecule has 2 aromatic rings. The van der Waals surface area contributed by atoms with Gasteiger partial charge >= 0.3 is 0 Å². The minimum absolute atomic E-state index is 0.0109. The minimum Gasteiger partial charge on any atom is -0.386 e. The molecule has 2 heterocycles. The van der Waals surface area contributed by atoms with Gasteiger partial charge in [-0.15, -0.1) is 5.10 Å². The van der Waals surface area contributed by atoms with E-state index in [4.69, 9.17) is 15.2 Å². The van der Waals surface area contributed by atoms with Crippen LogP contribution >= 0.6 is 0 Å². The molecule has 2 unspecified atom stereocenters. The molecular weight excluding hydrogens is 380 g/mol. The third-order valence-corrected chi connectivity index (χ3v) is 4.83. The van der Waals surface area contributed by atoms with Crippen molar-refractivity contribution in [3.63, 3.8) is 0 Å². The number of halogens is 2. The lowest BCUT2D eigenvalue weighted by atomic mass is 9.86. The van der Waals surface area contributed by atoms with Crippen LogP contribution in [0.25, 0.3) is 5.69 Å². The van der Waals surface area contributed by atoms with E-state index in [0.717, 1.165) is 17.3 Å². The number of allylic oxidation sites excluding steroid dienone is 2. The van der Waals surface area contributed by atoms with Gasteiger partial charge in [0.1, 0.15) is 23.5 Å². The summed E-state index contributed by atoms with van der Waals surface area (Å²) in [6.45, 7) is 4.32. The van der Waals surface area contributed by atoms with Gasteiger partial charge in [0.2, 0.25) is 0 Å². The van der Waals surface area contributed by atoms with Crippen molar-refractivity contribution in [2.45, 2.75) is 25.0 Å². The zero-order chi connectivity index (χ0) is 20.4. The number of aromatic nitrogens is 3. The number of hydrogen-bond acceptors (Lipinski definition) is 6. The van der Waals surface area contributed by atoms with Crippen molar-refractivity contribution in [2.24, 2.45) is 5.73 Å². The summed E-state index contributed by atoms with van der Waals surface area (Å²) < 4.78 is 39.4. The van der Waals surface area contributed by atoms with Crippen LogP contribution in [0.4, 0.5) is 8.78 Å². The summed E-state index contributed by atoms with van der Waals surface area (Å²) in [7, 11) is 0. The fourth-order valence-corrected chi connectivity index (χ4v) is 3.57. The average Bonchev–Trinajstić information content (AvgIpc) is 3.17. The average molecular weight is 403 g/mol. The first-order valence-corrected chi connectivity index (χ1v) is 9.42. The van der Waals surface area contributed by atoms with Crippen LogP contribution in [0.15, 0.2) is 47.9 Å². The predicted octanol–water partition coefficient (Wildman–Crippen LogP) is 1.94. The molecular formula is C20H23F2N5O2. The molecule has 0 amide bonds. The van der Waals surface area contributed by atoms with E-state index >= 15 is 0 Å². The van der Waals surface area contributed by atoms with E-state index in [9.17, 15) is 8.78 Å². The van der Waals surface area contributed by atoms with E-state index in [1.165, 1.54) is 23.1 Å². The maximum Gasteiger partial charge on any atom is 0.175 e. The predicted molar refractivity (Wildman–Crippen MR) is 102 cm³/mol. The lowest BCUT2D eigenvalue weighted by molar-refractivity contribution is -0.0857. The zero-order valence-electron chi connectivity index (χ0n) is 16.1. The molecule has 3 N–H and O–H groups in total. The molecule has 0 radical (unpaired) electrons. The van der Waals surface area contributed by atoms with Gasteiger partial charge in [-0.1, -0.05) is 11.6 Å². The van der Waals surface area contributed by atoms with Crippen LogP contribution in [0.5, 0.6) is 0 Å². The van der Waals surface area contributed by atoms with Gasteiger partial charge in [-0.2, -0.15) is 0 Å². The summed E-state index contributed by atoms with van der Waals surface area (Å²) in [6, 6.07) is 3.18. The normalized spacial score (nSPS) is 24.8. The number of hydrogen-bond donors (Lipinski definition) is 2. The molecule has 1 aromatic carbocycles.